The standard InChI is InChI=1S/C24H20N2O2S/c1-15-11-12-21-22(16(15)2)25(19-9-5-6-10-20(19)29-21)13-14-26-23(27)17-7-3-4-8-18(17)24(26)28/h3-12H,13-14H2,1-2H3. The molecule has 0 N–H and O–H groups in total. The second kappa shape index (κ2) is 6.78. The van der Waals surface area contributed by atoms with Gasteiger partial charge in [0.1, 0.15) is 0 Å². The van der Waals surface area contributed by atoms with E-state index in [-0.39, 0.29) is 11.8 Å². The monoisotopic (exact) mass is 400 g/mol. The summed E-state index contributed by atoms with van der Waals surface area (Å²) in [5, 5.41) is 0. The molecule has 0 aromatic heterocycles. The van der Waals surface area contributed by atoms with E-state index in [1.807, 2.05) is 12.1 Å². The van der Waals surface area contributed by atoms with Crippen LogP contribution in [0.2, 0.25) is 0 Å². The van der Waals surface area contributed by atoms with Crippen LogP contribution in [0.1, 0.15) is 31.8 Å². The number of aryl methyl sites for hydroxylation is 1. The fourth-order valence-corrected chi connectivity index (χ4v) is 5.24. The van der Waals surface area contributed by atoms with Crippen LogP contribution in [0.15, 0.2) is 70.5 Å². The molecule has 0 atom stereocenters. The number of imide groups is 1. The fourth-order valence-electron chi connectivity index (χ4n) is 4.07. The predicted octanol–water partition coefficient (Wildman–Crippen LogP) is 5.20. The van der Waals surface area contributed by atoms with Crippen molar-refractivity contribution in [3.63, 3.8) is 0 Å². The molecular weight excluding hydrogens is 380 g/mol. The molecule has 4 nitrogen and oxygen atoms in total. The molecule has 0 fully saturated rings. The molecule has 0 bridgehead atoms. The molecule has 3 aromatic rings. The highest BCUT2D eigenvalue weighted by Crippen LogP contribution is 2.49. The maximum atomic E-state index is 12.8. The lowest BCUT2D eigenvalue weighted by atomic mass is 10.1. The van der Waals surface area contributed by atoms with Gasteiger partial charge in [-0.05, 0) is 55.3 Å². The summed E-state index contributed by atoms with van der Waals surface area (Å²) in [7, 11) is 0. The molecule has 144 valence electrons. The predicted molar refractivity (Wildman–Crippen MR) is 115 cm³/mol. The zero-order chi connectivity index (χ0) is 20.1. The minimum Gasteiger partial charge on any atom is -0.338 e. The van der Waals surface area contributed by atoms with E-state index in [0.29, 0.717) is 24.2 Å². The number of fused-ring (bicyclic) bond motifs is 3. The van der Waals surface area contributed by atoms with E-state index >= 15 is 0 Å². The van der Waals surface area contributed by atoms with Crippen LogP contribution in [0.5, 0.6) is 0 Å². The zero-order valence-electron chi connectivity index (χ0n) is 16.3. The van der Waals surface area contributed by atoms with Crippen molar-refractivity contribution in [2.24, 2.45) is 0 Å². The van der Waals surface area contributed by atoms with Gasteiger partial charge >= 0.3 is 0 Å². The summed E-state index contributed by atoms with van der Waals surface area (Å²) < 4.78 is 0. The molecule has 5 heteroatoms. The molecule has 3 aromatic carbocycles. The second-order valence-corrected chi connectivity index (χ2v) is 8.47. The number of hydrogen-bond acceptors (Lipinski definition) is 4. The van der Waals surface area contributed by atoms with Crippen molar-refractivity contribution in [3.05, 3.63) is 82.9 Å². The molecule has 0 aliphatic carbocycles. The normalized spacial score (nSPS) is 14.7. The average Bonchev–Trinajstić information content (AvgIpc) is 2.99. The van der Waals surface area contributed by atoms with Crippen LogP contribution in [-0.2, 0) is 0 Å². The summed E-state index contributed by atoms with van der Waals surface area (Å²) in [4.78, 5) is 31.6. The topological polar surface area (TPSA) is 40.6 Å². The van der Waals surface area contributed by atoms with Crippen molar-refractivity contribution in [1.82, 2.24) is 4.90 Å². The molecule has 2 aliphatic heterocycles. The van der Waals surface area contributed by atoms with Crippen LogP contribution in [0.4, 0.5) is 11.4 Å². The number of para-hydroxylation sites is 1. The van der Waals surface area contributed by atoms with Gasteiger partial charge in [0.25, 0.3) is 11.8 Å². The lowest BCUT2D eigenvalue weighted by Crippen LogP contribution is -2.37. The Kier molecular flexibility index (Phi) is 4.21. The molecule has 5 rings (SSSR count). The molecule has 2 aliphatic rings. The van der Waals surface area contributed by atoms with E-state index in [4.69, 9.17) is 0 Å². The van der Waals surface area contributed by atoms with Gasteiger partial charge in [-0.1, -0.05) is 42.1 Å². The van der Waals surface area contributed by atoms with Gasteiger partial charge in [-0.2, -0.15) is 0 Å². The van der Waals surface area contributed by atoms with Crippen LogP contribution in [-0.4, -0.2) is 29.8 Å². The Labute approximate surface area is 174 Å². The first-order valence-corrected chi connectivity index (χ1v) is 10.5. The highest BCUT2D eigenvalue weighted by Gasteiger charge is 2.36. The third-order valence-corrected chi connectivity index (χ3v) is 6.85. The van der Waals surface area contributed by atoms with Gasteiger partial charge in [-0.3, -0.25) is 14.5 Å². The van der Waals surface area contributed by atoms with Gasteiger partial charge in [0.2, 0.25) is 0 Å². The van der Waals surface area contributed by atoms with Gasteiger partial charge in [-0.15, -0.1) is 0 Å². The SMILES string of the molecule is Cc1ccc2c(c1C)N(CCN1C(=O)c3ccccc3C1=O)c1ccccc1S2. The molecule has 2 amide bonds. The van der Waals surface area contributed by atoms with Gasteiger partial charge in [0.05, 0.1) is 22.5 Å². The van der Waals surface area contributed by atoms with Crippen molar-refractivity contribution in [3.8, 4) is 0 Å². The summed E-state index contributed by atoms with van der Waals surface area (Å²) in [6.07, 6.45) is 0. The Morgan fingerprint density at radius 2 is 1.34 bits per heavy atom. The number of carbonyl (C=O) groups is 2. The molecular formula is C24H20N2O2S. The van der Waals surface area contributed by atoms with Crippen molar-refractivity contribution in [2.45, 2.75) is 23.6 Å². The number of nitrogens with zero attached hydrogens (tertiary/aromatic N) is 2. The molecule has 0 saturated carbocycles. The smallest absolute Gasteiger partial charge is 0.261 e. The quantitative estimate of drug-likeness (QED) is 0.567. The number of carbonyl (C=O) groups excluding carboxylic acids is 2. The Balaban J connectivity index is 1.50. The third-order valence-electron chi connectivity index (χ3n) is 5.74. The number of hydrogen-bond donors (Lipinski definition) is 0. The first kappa shape index (κ1) is 18.0. The molecule has 0 unspecified atom stereocenters. The lowest BCUT2D eigenvalue weighted by Gasteiger charge is -2.35. The number of rotatable bonds is 3. The van der Waals surface area contributed by atoms with Crippen LogP contribution in [0.25, 0.3) is 0 Å². The average molecular weight is 401 g/mol. The number of anilines is 2. The molecule has 2 heterocycles. The summed E-state index contributed by atoms with van der Waals surface area (Å²) in [5.41, 5.74) is 5.75. The van der Waals surface area contributed by atoms with Crippen LogP contribution in [0.3, 0.4) is 0 Å². The first-order chi connectivity index (χ1) is 14.1. The highest BCUT2D eigenvalue weighted by molar-refractivity contribution is 7.99. The van der Waals surface area contributed by atoms with Gasteiger partial charge in [0.15, 0.2) is 0 Å². The maximum Gasteiger partial charge on any atom is 0.261 e. The fraction of sp³-hybridized carbons (Fsp3) is 0.167. The number of benzene rings is 3. The van der Waals surface area contributed by atoms with E-state index in [9.17, 15) is 9.59 Å². The lowest BCUT2D eigenvalue weighted by molar-refractivity contribution is 0.0659. The Bertz CT molecular complexity index is 1140. The van der Waals surface area contributed by atoms with Crippen molar-refractivity contribution in [1.29, 1.82) is 0 Å². The Morgan fingerprint density at radius 3 is 2.07 bits per heavy atom. The molecule has 0 saturated heterocycles. The van der Waals surface area contributed by atoms with E-state index in [2.05, 4.69) is 43.0 Å². The van der Waals surface area contributed by atoms with Crippen LogP contribution < -0.4 is 4.90 Å². The Hall–Kier alpha value is -3.05. The summed E-state index contributed by atoms with van der Waals surface area (Å²) in [6.45, 7) is 5.15. The second-order valence-electron chi connectivity index (χ2n) is 7.38. The van der Waals surface area contributed by atoms with Gasteiger partial charge in [-0.25, -0.2) is 0 Å². The molecule has 0 radical (unpaired) electrons. The maximum absolute atomic E-state index is 12.8. The molecule has 0 spiro atoms. The van der Waals surface area contributed by atoms with Crippen LogP contribution in [0, 0.1) is 13.8 Å². The highest BCUT2D eigenvalue weighted by atomic mass is 32.2. The summed E-state index contributed by atoms with van der Waals surface area (Å²) in [6, 6.07) is 19.7. The zero-order valence-corrected chi connectivity index (χ0v) is 17.1. The van der Waals surface area contributed by atoms with E-state index in [0.717, 1.165) is 5.69 Å². The minimum atomic E-state index is -0.202. The third kappa shape index (κ3) is 2.76. The molecule has 29 heavy (non-hydrogen) atoms. The van der Waals surface area contributed by atoms with Gasteiger partial charge in [0, 0.05) is 22.9 Å². The Morgan fingerprint density at radius 1 is 0.724 bits per heavy atom. The summed E-state index contributed by atoms with van der Waals surface area (Å²) >= 11 is 1.77. The van der Waals surface area contributed by atoms with Gasteiger partial charge < -0.3 is 4.90 Å². The van der Waals surface area contributed by atoms with Crippen LogP contribution >= 0.6 is 11.8 Å². The van der Waals surface area contributed by atoms with E-state index in [1.54, 1.807) is 36.0 Å². The largest absolute Gasteiger partial charge is 0.338 e. The van der Waals surface area contributed by atoms with E-state index < -0.39 is 0 Å². The van der Waals surface area contributed by atoms with Crippen molar-refractivity contribution >= 4 is 35.0 Å². The minimum absolute atomic E-state index is 0.202. The van der Waals surface area contributed by atoms with Crippen molar-refractivity contribution < 1.29 is 9.59 Å². The first-order valence-electron chi connectivity index (χ1n) is 9.66. The van der Waals surface area contributed by atoms with Crippen molar-refractivity contribution in [2.75, 3.05) is 18.0 Å². The van der Waals surface area contributed by atoms with E-state index in [1.165, 1.54) is 31.5 Å². The summed E-state index contributed by atoms with van der Waals surface area (Å²) in [5.74, 6) is -0.405. The number of amides is 2.